The van der Waals surface area contributed by atoms with Crippen molar-refractivity contribution in [3.05, 3.63) is 286 Å². The Balaban J connectivity index is 1.05. The van der Waals surface area contributed by atoms with Crippen LogP contribution in [0.25, 0.3) is 0 Å². The lowest BCUT2D eigenvalue weighted by atomic mass is 9.55. The number of esters is 7. The molecule has 1 fully saturated rings. The molecule has 1 N–H and O–H groups in total. The van der Waals surface area contributed by atoms with Crippen LogP contribution in [0.15, 0.2) is 262 Å². The molecule has 0 radical (unpaired) electrons. The van der Waals surface area contributed by atoms with Gasteiger partial charge in [-0.25, -0.2) is 0 Å². The van der Waals surface area contributed by atoms with Gasteiger partial charge in [0.1, 0.15) is 0 Å². The second kappa shape index (κ2) is 40.5. The van der Waals surface area contributed by atoms with Crippen molar-refractivity contribution >= 4 is 58.9 Å². The Hall–Kier alpha value is -11.1. The average molecular weight is 1610 g/mol. The highest BCUT2D eigenvalue weighted by atomic mass is 16.6. The number of allylic oxidation sites excluding steroid dienone is 6. The molecule has 7 aromatic carbocycles. The van der Waals surface area contributed by atoms with Gasteiger partial charge < -0.3 is 38.5 Å². The van der Waals surface area contributed by atoms with Crippen molar-refractivity contribution in [2.24, 2.45) is 60.3 Å². The fraction of sp³-hybridized carbons (Fsp3) is 0.426. The van der Waals surface area contributed by atoms with E-state index in [1.807, 2.05) is 253 Å². The zero-order valence-corrected chi connectivity index (χ0v) is 70.4. The van der Waals surface area contributed by atoms with Crippen LogP contribution in [0.2, 0.25) is 0 Å². The van der Waals surface area contributed by atoms with Gasteiger partial charge in [0.05, 0.1) is 77.1 Å². The second-order valence-electron chi connectivity index (χ2n) is 33.9. The second-order valence-corrected chi connectivity index (χ2v) is 33.9. The van der Waals surface area contributed by atoms with E-state index in [9.17, 15) is 19.2 Å². The van der Waals surface area contributed by atoms with Crippen LogP contribution >= 0.6 is 0 Å². The van der Waals surface area contributed by atoms with E-state index in [1.165, 1.54) is 0 Å². The van der Waals surface area contributed by atoms with Crippen molar-refractivity contribution in [2.75, 3.05) is 46.2 Å². The van der Waals surface area contributed by atoms with Crippen LogP contribution in [0.1, 0.15) is 165 Å². The number of rotatable bonds is 39. The van der Waals surface area contributed by atoms with E-state index in [4.69, 9.17) is 48.1 Å². The first-order valence-electron chi connectivity index (χ1n) is 42.5. The number of nitrogens with zero attached hydrogens (tertiary/aromatic N) is 3. The Morgan fingerprint density at radius 3 is 1.10 bits per heavy atom. The molecule has 9 atom stereocenters. The number of ether oxygens (including phenoxy) is 7. The van der Waals surface area contributed by atoms with Crippen molar-refractivity contribution in [1.29, 1.82) is 0 Å². The van der Waals surface area contributed by atoms with Crippen molar-refractivity contribution in [3.63, 3.8) is 0 Å². The molecule has 624 valence electrons. The lowest BCUT2D eigenvalue weighted by molar-refractivity contribution is -0.150. The molecule has 5 aliphatic heterocycles. The lowest BCUT2D eigenvalue weighted by Gasteiger charge is -2.48. The predicted octanol–water partition coefficient (Wildman–Crippen LogP) is 17.8. The highest BCUT2D eigenvalue weighted by Gasteiger charge is 2.67. The largest absolute Gasteiger partial charge is 0.465 e. The van der Waals surface area contributed by atoms with Crippen molar-refractivity contribution < 1.29 is 66.7 Å². The molecular weight excluding hydrogens is 1490 g/mol. The minimum atomic E-state index is -1.54. The van der Waals surface area contributed by atoms with E-state index in [1.54, 1.807) is 0 Å². The van der Waals surface area contributed by atoms with Crippen LogP contribution in [0.4, 0.5) is 0 Å². The van der Waals surface area contributed by atoms with Gasteiger partial charge in [-0.15, -0.1) is 0 Å². The zero-order valence-electron chi connectivity index (χ0n) is 70.4. The summed E-state index contributed by atoms with van der Waals surface area (Å²) in [5.74, 6) is -6.07. The third kappa shape index (κ3) is 21.9. The monoisotopic (exact) mass is 1610 g/mol. The van der Waals surface area contributed by atoms with E-state index >= 15 is 14.4 Å². The lowest BCUT2D eigenvalue weighted by Crippen LogP contribution is -2.55. The highest BCUT2D eigenvalue weighted by molar-refractivity contribution is 6.10. The van der Waals surface area contributed by atoms with Crippen LogP contribution in [-0.4, -0.2) is 117 Å². The van der Waals surface area contributed by atoms with E-state index < -0.39 is 92.7 Å². The molecule has 7 aromatic rings. The van der Waals surface area contributed by atoms with Crippen LogP contribution < -0.4 is 5.32 Å². The Bertz CT molecular complexity index is 4850. The maximum Gasteiger partial charge on any atom is 0.306 e. The first kappa shape index (κ1) is 87.2. The molecule has 8 bridgehead atoms. The molecule has 5 heterocycles. The van der Waals surface area contributed by atoms with E-state index in [2.05, 4.69) is 26.1 Å². The number of hydrogen-bond donors (Lipinski definition) is 1. The summed E-state index contributed by atoms with van der Waals surface area (Å²) in [6.07, 6.45) is 5.12. The van der Waals surface area contributed by atoms with Crippen LogP contribution in [0.3, 0.4) is 0 Å². The van der Waals surface area contributed by atoms with E-state index in [0.717, 1.165) is 38.9 Å². The average Bonchev–Trinajstić information content (AvgIpc) is 1.53. The van der Waals surface area contributed by atoms with Gasteiger partial charge >= 0.3 is 41.8 Å². The molecule has 0 saturated carbocycles. The number of nitrogens with one attached hydrogen (secondary N) is 1. The van der Waals surface area contributed by atoms with Gasteiger partial charge in [0.15, 0.2) is 0 Å². The number of aliphatic imine (C=N–C) groups is 3. The molecule has 0 aromatic heterocycles. The number of carbonyl (C=O) groups is 7. The van der Waals surface area contributed by atoms with Gasteiger partial charge in [-0.3, -0.25) is 48.5 Å². The van der Waals surface area contributed by atoms with Crippen LogP contribution in [0, 0.1) is 45.3 Å². The molecule has 0 spiro atoms. The fourth-order valence-electron chi connectivity index (χ4n) is 18.6. The third-order valence-electron chi connectivity index (χ3n) is 25.7. The van der Waals surface area contributed by atoms with Gasteiger partial charge in [0, 0.05) is 150 Å². The summed E-state index contributed by atoms with van der Waals surface area (Å²) < 4.78 is 43.5. The quantitative estimate of drug-likeness (QED) is 0.0279. The normalized spacial score (nSPS) is 24.3. The van der Waals surface area contributed by atoms with Crippen molar-refractivity contribution in [1.82, 2.24) is 5.32 Å². The number of benzene rings is 7. The summed E-state index contributed by atoms with van der Waals surface area (Å²) in [6.45, 7) is 17.1. The molecule has 1 unspecified atom stereocenters. The van der Waals surface area contributed by atoms with Gasteiger partial charge in [0.25, 0.3) is 0 Å². The Morgan fingerprint density at radius 2 is 0.714 bits per heavy atom. The molecule has 119 heavy (non-hydrogen) atoms. The van der Waals surface area contributed by atoms with Crippen molar-refractivity contribution in [3.8, 4) is 0 Å². The Labute approximate surface area is 701 Å². The Kier molecular flexibility index (Phi) is 29.7. The predicted molar refractivity (Wildman–Crippen MR) is 462 cm³/mol. The maximum atomic E-state index is 15.7. The van der Waals surface area contributed by atoms with Crippen LogP contribution in [0.5, 0.6) is 0 Å². The molecule has 0 amide bonds. The summed E-state index contributed by atoms with van der Waals surface area (Å²) in [5.41, 5.74) is 5.59. The van der Waals surface area contributed by atoms with Crippen LogP contribution in [-0.2, 0) is 112 Å². The first-order chi connectivity index (χ1) is 57.4. The fourth-order valence-corrected chi connectivity index (χ4v) is 18.6. The summed E-state index contributed by atoms with van der Waals surface area (Å²) in [4.78, 5) is 123. The molecule has 12 rings (SSSR count). The standard InChI is InChI=1S/C101H116N4O14/c1-70-92-80(45-48-86(107)114-60-52-73-32-18-10-19-33-73)97(3,4)84(103-92)67-83-79(44-47-85(106)113-59-51-72-30-16-9-17-31-72)99(6,68-90(111)118-64-56-77-40-26-14-27-41-77)95(102-83)71(2)93-81(46-49-87(108)115-61-53-74-34-20-11-21-35-74)100(7,69-91(112)119-65-57-78-42-28-15-29-43-78)101(8,105-93)96-82(66-89(110)117-63-55-76-38-24-13-25-39-76)98(5,94(70)104-96)58-50-88(109)116-62-54-75-36-22-12-23-37-75/h9-43,67,79-82,96,102H,44-66,68-69H2,1-8H3/b83-67-,92-70-,95-71-/t79-,80-,81-,82+,96?,98-,99+,100+,101+/m1/s1. The number of hydrogen-bond acceptors (Lipinski definition) is 18. The summed E-state index contributed by atoms with van der Waals surface area (Å²) in [5, 5.41) is 3.97. The highest BCUT2D eigenvalue weighted by Crippen LogP contribution is 2.63. The molecule has 18 heteroatoms. The molecule has 18 nitrogen and oxygen atoms in total. The third-order valence-corrected chi connectivity index (χ3v) is 25.7. The van der Waals surface area contributed by atoms with Gasteiger partial charge in [-0.1, -0.05) is 247 Å². The topological polar surface area (TPSA) is 233 Å². The number of carbonyl (C=O) groups excluding carboxylic acids is 7. The van der Waals surface area contributed by atoms with E-state index in [0.29, 0.717) is 90.3 Å². The minimum absolute atomic E-state index is 0.0127. The molecule has 5 aliphatic rings. The zero-order chi connectivity index (χ0) is 84.0. The number of fused-ring (bicyclic) bond motifs is 6. The smallest absolute Gasteiger partial charge is 0.306 e. The first-order valence-corrected chi connectivity index (χ1v) is 42.5. The summed E-state index contributed by atoms with van der Waals surface area (Å²) >= 11 is 0. The van der Waals surface area contributed by atoms with E-state index in [-0.39, 0.29) is 123 Å². The summed E-state index contributed by atoms with van der Waals surface area (Å²) in [6, 6.07) is 67.7. The summed E-state index contributed by atoms with van der Waals surface area (Å²) in [7, 11) is 0. The SMILES string of the molecule is C/C1=C2N=C(/C=C3\N/C(=C(/C)C4=N[C@@](C)(C5N=C1[C@](C)(CCC(=O)OCCc1ccccc1)[C@H]5CC(=O)OCCc1ccccc1)[C@@](C)(CC(=O)OCCc1ccccc1)[C@@H]4CCC(=O)OCCc1ccccc1)[C@@](C)(CC(=O)OCCc1ccccc1)[C@@H]3CCC(=O)OCCc1ccccc1)C(C)(C)[C@@H]/2CCC(=O)OCCc1ccccc1. The van der Waals surface area contributed by atoms with Gasteiger partial charge in [-0.05, 0) is 103 Å². The van der Waals surface area contributed by atoms with Gasteiger partial charge in [0.2, 0.25) is 0 Å². The van der Waals surface area contributed by atoms with Gasteiger partial charge in [-0.2, -0.15) is 0 Å². The molecular formula is C101H116N4O14. The maximum absolute atomic E-state index is 15.7. The van der Waals surface area contributed by atoms with Crippen molar-refractivity contribution in [2.45, 2.75) is 183 Å². The molecule has 0 aliphatic carbocycles. The Morgan fingerprint density at radius 1 is 0.378 bits per heavy atom. The minimum Gasteiger partial charge on any atom is -0.465 e. The molecule has 1 saturated heterocycles.